The van der Waals surface area contributed by atoms with Gasteiger partial charge in [0.05, 0.1) is 17.6 Å². The van der Waals surface area contributed by atoms with Gasteiger partial charge in [0.15, 0.2) is 0 Å². The minimum atomic E-state index is -3.65. The van der Waals surface area contributed by atoms with Gasteiger partial charge in [0.2, 0.25) is 10.0 Å². The van der Waals surface area contributed by atoms with Crippen molar-refractivity contribution in [3.63, 3.8) is 0 Å². The molecule has 2 aromatic rings. The first-order valence-electron chi connectivity index (χ1n) is 8.86. The fourth-order valence-electron chi connectivity index (χ4n) is 3.15. The number of carbonyl (C=O) groups excluding carboxylic acids is 1. The molecule has 29 heavy (non-hydrogen) atoms. The summed E-state index contributed by atoms with van der Waals surface area (Å²) in [5.41, 5.74) is 0.301. The Kier molecular flexibility index (Phi) is 6.30. The Balaban J connectivity index is 1.75. The molecule has 0 unspecified atom stereocenters. The number of aromatic amines is 1. The highest BCUT2D eigenvalue weighted by atomic mass is 32.2. The Bertz CT molecular complexity index is 1060. The number of methoxy groups -OCH3 is 1. The van der Waals surface area contributed by atoms with Gasteiger partial charge in [-0.3, -0.25) is 4.79 Å². The second-order valence-electron chi connectivity index (χ2n) is 6.42. The molecule has 11 heteroatoms. The van der Waals surface area contributed by atoms with Crippen LogP contribution >= 0.6 is 11.8 Å². The van der Waals surface area contributed by atoms with E-state index in [9.17, 15) is 18.0 Å². The third kappa shape index (κ3) is 4.31. The van der Waals surface area contributed by atoms with Crippen molar-refractivity contribution in [1.29, 1.82) is 0 Å². The predicted molar refractivity (Wildman–Crippen MR) is 109 cm³/mol. The molecule has 3 rings (SSSR count). The molecule has 0 aliphatic carbocycles. The highest BCUT2D eigenvalue weighted by molar-refractivity contribution is 7.98. The third-order valence-electron chi connectivity index (χ3n) is 4.72. The zero-order valence-electron chi connectivity index (χ0n) is 16.3. The minimum absolute atomic E-state index is 0.184. The molecule has 2 heterocycles. The molecular weight excluding hydrogens is 416 g/mol. The Labute approximate surface area is 173 Å². The molecule has 0 radical (unpaired) electrons. The molecule has 9 nitrogen and oxygen atoms in total. The van der Waals surface area contributed by atoms with Crippen LogP contribution in [0, 0.1) is 6.92 Å². The topological polar surface area (TPSA) is 113 Å². The van der Waals surface area contributed by atoms with Crippen LogP contribution in [0.2, 0.25) is 0 Å². The Morgan fingerprint density at radius 2 is 1.79 bits per heavy atom. The number of aryl methyl sites for hydroxylation is 1. The van der Waals surface area contributed by atoms with Gasteiger partial charge >= 0.3 is 5.69 Å². The molecule has 0 bridgehead atoms. The van der Waals surface area contributed by atoms with Crippen molar-refractivity contribution in [1.82, 2.24) is 19.2 Å². The van der Waals surface area contributed by atoms with Crippen LogP contribution in [-0.4, -0.2) is 73.0 Å². The number of hydrogen-bond acceptors (Lipinski definition) is 7. The van der Waals surface area contributed by atoms with E-state index >= 15 is 0 Å². The zero-order chi connectivity index (χ0) is 21.2. The quantitative estimate of drug-likeness (QED) is 0.546. The molecule has 1 aliphatic heterocycles. The molecule has 1 amide bonds. The van der Waals surface area contributed by atoms with E-state index in [4.69, 9.17) is 4.74 Å². The fraction of sp³-hybridized carbons (Fsp3) is 0.389. The average molecular weight is 439 g/mol. The highest BCUT2D eigenvalue weighted by Gasteiger charge is 2.32. The minimum Gasteiger partial charge on any atom is -0.497 e. The van der Waals surface area contributed by atoms with E-state index in [0.29, 0.717) is 22.0 Å². The third-order valence-corrected chi connectivity index (χ3v) is 7.31. The Morgan fingerprint density at radius 1 is 1.17 bits per heavy atom. The number of hydrogen-bond donors (Lipinski definition) is 1. The van der Waals surface area contributed by atoms with Gasteiger partial charge in [-0.25, -0.2) is 13.2 Å². The summed E-state index contributed by atoms with van der Waals surface area (Å²) in [6, 6.07) is 6.21. The van der Waals surface area contributed by atoms with Crippen molar-refractivity contribution < 1.29 is 17.9 Å². The van der Waals surface area contributed by atoms with Crippen LogP contribution in [0.5, 0.6) is 5.75 Å². The number of benzene rings is 1. The van der Waals surface area contributed by atoms with E-state index in [0.717, 1.165) is 0 Å². The van der Waals surface area contributed by atoms with Crippen molar-refractivity contribution in [3.8, 4) is 5.75 Å². The maximum absolute atomic E-state index is 13.0. The van der Waals surface area contributed by atoms with Gasteiger partial charge in [-0.05, 0) is 37.4 Å². The molecule has 1 aliphatic rings. The van der Waals surface area contributed by atoms with Crippen molar-refractivity contribution in [2.24, 2.45) is 0 Å². The van der Waals surface area contributed by atoms with Crippen LogP contribution < -0.4 is 10.4 Å². The first-order chi connectivity index (χ1) is 13.8. The molecule has 0 atom stereocenters. The van der Waals surface area contributed by atoms with E-state index in [1.165, 1.54) is 35.3 Å². The van der Waals surface area contributed by atoms with Crippen molar-refractivity contribution in [2.75, 3.05) is 39.5 Å². The molecule has 0 spiro atoms. The summed E-state index contributed by atoms with van der Waals surface area (Å²) < 4.78 is 32.1. The SMILES string of the molecule is COc1ccc(S(=O)(=O)N2CCN(C(=O)c3c(SC)nc(=O)[nH]c3C)CC2)cc1. The number of ether oxygens (including phenoxy) is 1. The summed E-state index contributed by atoms with van der Waals surface area (Å²) >= 11 is 1.23. The zero-order valence-corrected chi connectivity index (χ0v) is 18.0. The highest BCUT2D eigenvalue weighted by Crippen LogP contribution is 2.23. The summed E-state index contributed by atoms with van der Waals surface area (Å²) in [5, 5.41) is 0.365. The van der Waals surface area contributed by atoms with Gasteiger partial charge in [0, 0.05) is 31.9 Å². The summed E-state index contributed by atoms with van der Waals surface area (Å²) in [6.45, 7) is 2.52. The van der Waals surface area contributed by atoms with Crippen LogP contribution in [0.4, 0.5) is 0 Å². The number of carbonyl (C=O) groups is 1. The molecule has 1 aromatic heterocycles. The largest absolute Gasteiger partial charge is 0.497 e. The number of sulfonamides is 1. The second-order valence-corrected chi connectivity index (χ2v) is 9.16. The smallest absolute Gasteiger partial charge is 0.346 e. The first-order valence-corrected chi connectivity index (χ1v) is 11.5. The molecule has 1 aromatic carbocycles. The molecule has 1 N–H and O–H groups in total. The van der Waals surface area contributed by atoms with Crippen molar-refractivity contribution in [2.45, 2.75) is 16.8 Å². The number of thioether (sulfide) groups is 1. The van der Waals surface area contributed by atoms with Crippen LogP contribution in [0.15, 0.2) is 39.0 Å². The fourth-order valence-corrected chi connectivity index (χ4v) is 5.19. The van der Waals surface area contributed by atoms with Gasteiger partial charge in [-0.1, -0.05) is 0 Å². The van der Waals surface area contributed by atoms with E-state index in [1.807, 2.05) is 0 Å². The maximum Gasteiger partial charge on any atom is 0.346 e. The molecule has 156 valence electrons. The standard InChI is InChI=1S/C18H22N4O5S2/c1-12-15(16(28-3)20-18(24)19-12)17(23)21-8-10-22(11-9-21)29(25,26)14-6-4-13(27-2)5-7-14/h4-7H,8-11H2,1-3H3,(H,19,20,24). The average Bonchev–Trinajstić information content (AvgIpc) is 2.72. The Morgan fingerprint density at radius 3 is 2.34 bits per heavy atom. The van der Waals surface area contributed by atoms with Crippen LogP contribution in [-0.2, 0) is 10.0 Å². The molecule has 1 saturated heterocycles. The number of aromatic nitrogens is 2. The lowest BCUT2D eigenvalue weighted by Crippen LogP contribution is -2.50. The van der Waals surface area contributed by atoms with Gasteiger partial charge < -0.3 is 14.6 Å². The number of nitrogens with one attached hydrogen (secondary N) is 1. The number of piperazine rings is 1. The van der Waals surface area contributed by atoms with Crippen molar-refractivity contribution in [3.05, 3.63) is 46.0 Å². The predicted octanol–water partition coefficient (Wildman–Crippen LogP) is 0.956. The lowest BCUT2D eigenvalue weighted by atomic mass is 10.2. The van der Waals surface area contributed by atoms with Gasteiger partial charge in [-0.15, -0.1) is 11.8 Å². The van der Waals surface area contributed by atoms with E-state index < -0.39 is 15.7 Å². The monoisotopic (exact) mass is 438 g/mol. The van der Waals surface area contributed by atoms with Gasteiger partial charge in [0.1, 0.15) is 10.8 Å². The summed E-state index contributed by atoms with van der Waals surface area (Å²) in [6.07, 6.45) is 1.75. The van der Waals surface area contributed by atoms with E-state index in [1.54, 1.807) is 30.2 Å². The van der Waals surface area contributed by atoms with Crippen molar-refractivity contribution >= 4 is 27.7 Å². The van der Waals surface area contributed by atoms with Crippen LogP contribution in [0.1, 0.15) is 16.1 Å². The molecule has 0 saturated carbocycles. The molecular formula is C18H22N4O5S2. The normalized spacial score (nSPS) is 15.3. The Hall–Kier alpha value is -2.37. The summed E-state index contributed by atoms with van der Waals surface area (Å²) in [5.74, 6) is 0.311. The summed E-state index contributed by atoms with van der Waals surface area (Å²) in [7, 11) is -2.14. The number of nitrogens with zero attached hydrogens (tertiary/aromatic N) is 3. The first kappa shape index (κ1) is 21.3. The van der Waals surface area contributed by atoms with Crippen LogP contribution in [0.25, 0.3) is 0 Å². The number of H-pyrrole nitrogens is 1. The lowest BCUT2D eigenvalue weighted by Gasteiger charge is -2.34. The van der Waals surface area contributed by atoms with Gasteiger partial charge in [-0.2, -0.15) is 9.29 Å². The van der Waals surface area contributed by atoms with Crippen LogP contribution in [0.3, 0.4) is 0 Å². The van der Waals surface area contributed by atoms with E-state index in [2.05, 4.69) is 9.97 Å². The summed E-state index contributed by atoms with van der Waals surface area (Å²) in [4.78, 5) is 32.7. The maximum atomic E-state index is 13.0. The lowest BCUT2D eigenvalue weighted by molar-refractivity contribution is 0.0692. The van der Waals surface area contributed by atoms with Gasteiger partial charge in [0.25, 0.3) is 5.91 Å². The number of rotatable bonds is 5. The van der Waals surface area contributed by atoms with E-state index in [-0.39, 0.29) is 37.0 Å². The number of amides is 1. The second kappa shape index (κ2) is 8.56. The molecule has 1 fully saturated rings.